The lowest BCUT2D eigenvalue weighted by atomic mass is 10.1. The molecule has 6 nitrogen and oxygen atoms in total. The van der Waals surface area contributed by atoms with E-state index in [1.165, 1.54) is 17.7 Å². The third-order valence-electron chi connectivity index (χ3n) is 3.85. The number of aliphatic hydroxyl groups is 1. The summed E-state index contributed by atoms with van der Waals surface area (Å²) < 4.78 is 5.39. The van der Waals surface area contributed by atoms with Gasteiger partial charge in [0.2, 0.25) is 0 Å². The molecular weight excluding hydrogens is 256 g/mol. The third-order valence-corrected chi connectivity index (χ3v) is 3.85. The first-order chi connectivity index (χ1) is 9.75. The van der Waals surface area contributed by atoms with Gasteiger partial charge in [0, 0.05) is 31.5 Å². The number of hydrogen-bond donors (Lipinski definition) is 3. The van der Waals surface area contributed by atoms with Crippen molar-refractivity contribution in [3.05, 3.63) is 23.3 Å². The Bertz CT molecular complexity index is 458. The van der Waals surface area contributed by atoms with Gasteiger partial charge in [-0.2, -0.15) is 0 Å². The van der Waals surface area contributed by atoms with E-state index in [1.54, 1.807) is 0 Å². The molecule has 3 rings (SSSR count). The molecule has 0 spiro atoms. The monoisotopic (exact) mass is 278 g/mol. The third kappa shape index (κ3) is 3.32. The minimum absolute atomic E-state index is 0.359. The van der Waals surface area contributed by atoms with Crippen molar-refractivity contribution < 1.29 is 9.84 Å². The van der Waals surface area contributed by atoms with Gasteiger partial charge in [0.1, 0.15) is 11.4 Å². The van der Waals surface area contributed by atoms with Crippen molar-refractivity contribution in [1.29, 1.82) is 0 Å². The van der Waals surface area contributed by atoms with E-state index in [1.807, 2.05) is 6.20 Å². The van der Waals surface area contributed by atoms with Crippen molar-refractivity contribution in [2.45, 2.75) is 31.4 Å². The zero-order valence-corrected chi connectivity index (χ0v) is 11.7. The van der Waals surface area contributed by atoms with Crippen LogP contribution in [0.25, 0.3) is 0 Å². The summed E-state index contributed by atoms with van der Waals surface area (Å²) in [6.07, 6.45) is 5.29. The fourth-order valence-electron chi connectivity index (χ4n) is 2.74. The van der Waals surface area contributed by atoms with Crippen LogP contribution in [0.4, 0.5) is 0 Å². The van der Waals surface area contributed by atoms with E-state index in [9.17, 15) is 5.11 Å². The lowest BCUT2D eigenvalue weighted by Crippen LogP contribution is -2.50. The summed E-state index contributed by atoms with van der Waals surface area (Å²) in [6, 6.07) is 0. The fourth-order valence-corrected chi connectivity index (χ4v) is 2.74. The predicted molar refractivity (Wildman–Crippen MR) is 74.4 cm³/mol. The SMILES string of the molecule is O[C@]1(CNCc2ncc3c(n2)CCC3)CNCCOC1. The molecule has 1 atom stereocenters. The molecule has 1 aromatic heterocycles. The molecule has 1 aromatic rings. The summed E-state index contributed by atoms with van der Waals surface area (Å²) in [7, 11) is 0. The second kappa shape index (κ2) is 6.13. The molecule has 110 valence electrons. The van der Waals surface area contributed by atoms with Crippen molar-refractivity contribution in [2.24, 2.45) is 0 Å². The van der Waals surface area contributed by atoms with Gasteiger partial charge in [0.05, 0.1) is 19.8 Å². The molecule has 1 aliphatic carbocycles. The van der Waals surface area contributed by atoms with Crippen LogP contribution in [0, 0.1) is 0 Å². The van der Waals surface area contributed by atoms with E-state index in [4.69, 9.17) is 4.74 Å². The summed E-state index contributed by atoms with van der Waals surface area (Å²) in [5.74, 6) is 0.803. The summed E-state index contributed by atoms with van der Waals surface area (Å²) in [5.41, 5.74) is 1.62. The van der Waals surface area contributed by atoms with Gasteiger partial charge in [-0.15, -0.1) is 0 Å². The molecule has 0 aromatic carbocycles. The molecule has 1 aliphatic heterocycles. The first-order valence-electron chi connectivity index (χ1n) is 7.30. The average Bonchev–Trinajstić information content (AvgIpc) is 2.80. The number of hydrogen-bond acceptors (Lipinski definition) is 6. The van der Waals surface area contributed by atoms with Crippen LogP contribution in [0.15, 0.2) is 6.20 Å². The number of nitrogens with zero attached hydrogens (tertiary/aromatic N) is 2. The number of ether oxygens (including phenoxy) is 1. The maximum atomic E-state index is 10.4. The topological polar surface area (TPSA) is 79.3 Å². The Morgan fingerprint density at radius 2 is 2.40 bits per heavy atom. The Kier molecular flexibility index (Phi) is 4.26. The van der Waals surface area contributed by atoms with Crippen LogP contribution in [0.2, 0.25) is 0 Å². The van der Waals surface area contributed by atoms with E-state index in [-0.39, 0.29) is 0 Å². The van der Waals surface area contributed by atoms with Gasteiger partial charge in [-0.1, -0.05) is 0 Å². The van der Waals surface area contributed by atoms with Crippen molar-refractivity contribution in [1.82, 2.24) is 20.6 Å². The van der Waals surface area contributed by atoms with Gasteiger partial charge >= 0.3 is 0 Å². The van der Waals surface area contributed by atoms with Crippen LogP contribution in [-0.4, -0.2) is 53.5 Å². The minimum Gasteiger partial charge on any atom is -0.385 e. The molecule has 2 aliphatic rings. The Balaban J connectivity index is 1.52. The molecule has 1 fully saturated rings. The van der Waals surface area contributed by atoms with E-state index in [2.05, 4.69) is 20.6 Å². The highest BCUT2D eigenvalue weighted by Gasteiger charge is 2.28. The predicted octanol–water partition coefficient (Wildman–Crippen LogP) is -0.594. The van der Waals surface area contributed by atoms with Gasteiger partial charge in [-0.05, 0) is 24.8 Å². The number of aromatic nitrogens is 2. The van der Waals surface area contributed by atoms with Crippen LogP contribution >= 0.6 is 0 Å². The van der Waals surface area contributed by atoms with Gasteiger partial charge in [-0.25, -0.2) is 9.97 Å². The number of nitrogens with one attached hydrogen (secondary N) is 2. The maximum absolute atomic E-state index is 10.4. The van der Waals surface area contributed by atoms with Crippen LogP contribution in [0.5, 0.6) is 0 Å². The highest BCUT2D eigenvalue weighted by molar-refractivity contribution is 5.22. The quantitative estimate of drug-likeness (QED) is 0.683. The smallest absolute Gasteiger partial charge is 0.142 e. The average molecular weight is 278 g/mol. The van der Waals surface area contributed by atoms with Crippen LogP contribution in [0.1, 0.15) is 23.5 Å². The molecule has 0 amide bonds. The summed E-state index contributed by atoms with van der Waals surface area (Å²) in [4.78, 5) is 8.95. The highest BCUT2D eigenvalue weighted by Crippen LogP contribution is 2.18. The molecule has 6 heteroatoms. The number of β-amino-alcohol motifs (C(OH)–C–C–N with tert-alkyl or cyclic N) is 1. The zero-order chi connectivity index (χ0) is 13.8. The molecule has 0 radical (unpaired) electrons. The molecule has 2 heterocycles. The Morgan fingerprint density at radius 3 is 3.35 bits per heavy atom. The standard InChI is InChI=1S/C14H22N4O2/c19-14(8-15-4-5-20-10-14)9-16-7-13-17-6-11-2-1-3-12(11)18-13/h6,15-16,19H,1-5,7-10H2/t14-/m0/s1. The molecule has 3 N–H and O–H groups in total. The second-order valence-corrected chi connectivity index (χ2v) is 5.67. The van der Waals surface area contributed by atoms with Crippen molar-refractivity contribution >= 4 is 0 Å². The van der Waals surface area contributed by atoms with Crippen LogP contribution in [-0.2, 0) is 24.1 Å². The second-order valence-electron chi connectivity index (χ2n) is 5.67. The number of fused-ring (bicyclic) bond motifs is 1. The Labute approximate surface area is 119 Å². The number of aryl methyl sites for hydroxylation is 2. The first kappa shape index (κ1) is 13.9. The van der Waals surface area contributed by atoms with Gasteiger partial charge in [0.25, 0.3) is 0 Å². The largest absolute Gasteiger partial charge is 0.385 e. The molecule has 1 saturated heterocycles. The zero-order valence-electron chi connectivity index (χ0n) is 11.7. The minimum atomic E-state index is -0.854. The van der Waals surface area contributed by atoms with Crippen molar-refractivity contribution in [2.75, 3.05) is 32.8 Å². The van der Waals surface area contributed by atoms with E-state index in [0.29, 0.717) is 32.8 Å². The van der Waals surface area contributed by atoms with Crippen LogP contribution in [0.3, 0.4) is 0 Å². The first-order valence-corrected chi connectivity index (χ1v) is 7.30. The molecular formula is C14H22N4O2. The van der Waals surface area contributed by atoms with Crippen molar-refractivity contribution in [3.63, 3.8) is 0 Å². The van der Waals surface area contributed by atoms with Crippen molar-refractivity contribution in [3.8, 4) is 0 Å². The molecule has 20 heavy (non-hydrogen) atoms. The number of rotatable bonds is 4. The highest BCUT2D eigenvalue weighted by atomic mass is 16.5. The summed E-state index contributed by atoms with van der Waals surface area (Å²) in [6.45, 7) is 3.39. The maximum Gasteiger partial charge on any atom is 0.142 e. The fraction of sp³-hybridized carbons (Fsp3) is 0.714. The van der Waals surface area contributed by atoms with E-state index >= 15 is 0 Å². The van der Waals surface area contributed by atoms with Crippen LogP contribution < -0.4 is 10.6 Å². The summed E-state index contributed by atoms with van der Waals surface area (Å²) in [5, 5.41) is 16.8. The van der Waals surface area contributed by atoms with E-state index in [0.717, 1.165) is 25.2 Å². The Morgan fingerprint density at radius 1 is 1.45 bits per heavy atom. The van der Waals surface area contributed by atoms with Gasteiger partial charge in [-0.3, -0.25) is 0 Å². The molecule has 0 saturated carbocycles. The molecule has 0 bridgehead atoms. The Hall–Kier alpha value is -1.08. The van der Waals surface area contributed by atoms with E-state index < -0.39 is 5.60 Å². The van der Waals surface area contributed by atoms with Gasteiger partial charge < -0.3 is 20.5 Å². The van der Waals surface area contributed by atoms with Gasteiger partial charge in [0.15, 0.2) is 0 Å². The lowest BCUT2D eigenvalue weighted by Gasteiger charge is -2.25. The normalized spacial score (nSPS) is 26.2. The summed E-state index contributed by atoms with van der Waals surface area (Å²) >= 11 is 0. The lowest BCUT2D eigenvalue weighted by molar-refractivity contribution is -0.0265. The molecule has 0 unspecified atom stereocenters.